The molecule has 1 aromatic heterocycles. The van der Waals surface area contributed by atoms with Crippen molar-refractivity contribution >= 4 is 29.1 Å². The average Bonchev–Trinajstić information content (AvgIpc) is 3.38. The van der Waals surface area contributed by atoms with Gasteiger partial charge in [0.25, 0.3) is 5.91 Å². The van der Waals surface area contributed by atoms with Crippen molar-refractivity contribution in [3.05, 3.63) is 94.6 Å². The summed E-state index contributed by atoms with van der Waals surface area (Å²) < 4.78 is 12.3. The third-order valence-corrected chi connectivity index (χ3v) is 7.55. The summed E-state index contributed by atoms with van der Waals surface area (Å²) in [6.45, 7) is 3.97. The molecule has 200 valence electrons. The first-order valence-corrected chi connectivity index (χ1v) is 12.9. The molecule has 3 aromatic carbocycles. The van der Waals surface area contributed by atoms with Gasteiger partial charge in [-0.25, -0.2) is 0 Å². The van der Waals surface area contributed by atoms with Crippen molar-refractivity contribution in [2.75, 3.05) is 19.1 Å². The van der Waals surface area contributed by atoms with Crippen LogP contribution in [0.2, 0.25) is 5.02 Å². The molecule has 5 rings (SSSR count). The van der Waals surface area contributed by atoms with Gasteiger partial charge in [-0.15, -0.1) is 0 Å². The molecule has 2 amide bonds. The van der Waals surface area contributed by atoms with E-state index < -0.39 is 5.54 Å². The number of amides is 2. The van der Waals surface area contributed by atoms with Crippen LogP contribution >= 0.6 is 11.6 Å². The van der Waals surface area contributed by atoms with Crippen LogP contribution in [0, 0.1) is 6.92 Å². The van der Waals surface area contributed by atoms with Gasteiger partial charge in [0.1, 0.15) is 22.7 Å². The van der Waals surface area contributed by atoms with Gasteiger partial charge < -0.3 is 14.8 Å². The molecule has 0 aliphatic carbocycles. The number of fused-ring (bicyclic) bond motifs is 1. The minimum Gasteiger partial charge on any atom is -0.497 e. The molecule has 1 N–H and O–H groups in total. The number of methoxy groups -OCH3 is 2. The van der Waals surface area contributed by atoms with Crippen LogP contribution in [0.4, 0.5) is 5.69 Å². The Morgan fingerprint density at radius 1 is 1.05 bits per heavy atom. The number of nitrogens with one attached hydrogen (secondary N) is 1. The largest absolute Gasteiger partial charge is 0.497 e. The van der Waals surface area contributed by atoms with Gasteiger partial charge in [-0.2, -0.15) is 5.10 Å². The minimum atomic E-state index is -1.30. The maximum absolute atomic E-state index is 14.1. The minimum absolute atomic E-state index is 0.147. The van der Waals surface area contributed by atoms with E-state index in [1.165, 1.54) is 0 Å². The van der Waals surface area contributed by atoms with Crippen LogP contribution in [0.1, 0.15) is 28.5 Å². The van der Waals surface area contributed by atoms with Crippen LogP contribution in [0.15, 0.2) is 72.8 Å². The van der Waals surface area contributed by atoms with E-state index in [1.807, 2.05) is 55.5 Å². The number of nitrogens with zero attached hydrogens (tertiary/aromatic N) is 3. The van der Waals surface area contributed by atoms with Crippen LogP contribution < -0.4 is 19.7 Å². The molecule has 0 bridgehead atoms. The molecular formula is C30H29ClN4O4. The quantitative estimate of drug-likeness (QED) is 0.343. The molecule has 1 atom stereocenters. The summed E-state index contributed by atoms with van der Waals surface area (Å²) in [6.07, 6.45) is 0. The van der Waals surface area contributed by atoms with Gasteiger partial charge in [0.05, 0.1) is 26.5 Å². The monoisotopic (exact) mass is 544 g/mol. The van der Waals surface area contributed by atoms with E-state index in [4.69, 9.17) is 26.2 Å². The van der Waals surface area contributed by atoms with Crippen molar-refractivity contribution < 1.29 is 19.1 Å². The number of anilines is 1. The van der Waals surface area contributed by atoms with Crippen molar-refractivity contribution in [1.29, 1.82) is 0 Å². The molecule has 39 heavy (non-hydrogen) atoms. The Bertz CT molecular complexity index is 1550. The lowest BCUT2D eigenvalue weighted by Crippen LogP contribution is -2.64. The number of hydrogen-bond acceptors (Lipinski definition) is 5. The smallest absolute Gasteiger partial charge is 0.277 e. The lowest BCUT2D eigenvalue weighted by molar-refractivity contribution is -0.126. The molecular weight excluding hydrogens is 516 g/mol. The zero-order valence-electron chi connectivity index (χ0n) is 22.2. The van der Waals surface area contributed by atoms with Crippen molar-refractivity contribution in [3.63, 3.8) is 0 Å². The second kappa shape index (κ2) is 10.5. The first kappa shape index (κ1) is 26.3. The fraction of sp³-hybridized carbons (Fsp3) is 0.233. The zero-order chi connectivity index (χ0) is 27.7. The van der Waals surface area contributed by atoms with E-state index in [2.05, 4.69) is 5.32 Å². The van der Waals surface area contributed by atoms with E-state index in [1.54, 1.807) is 55.0 Å². The second-order valence-electron chi connectivity index (χ2n) is 9.59. The fourth-order valence-corrected chi connectivity index (χ4v) is 5.08. The van der Waals surface area contributed by atoms with Gasteiger partial charge in [-0.1, -0.05) is 35.9 Å². The maximum atomic E-state index is 14.1. The van der Waals surface area contributed by atoms with Crippen molar-refractivity contribution in [2.45, 2.75) is 32.5 Å². The topological polar surface area (TPSA) is 85.7 Å². The highest BCUT2D eigenvalue weighted by Crippen LogP contribution is 2.37. The van der Waals surface area contributed by atoms with Gasteiger partial charge in [-0.3, -0.25) is 19.2 Å². The number of halogens is 1. The molecule has 0 fully saturated rings. The molecule has 2 heterocycles. The van der Waals surface area contributed by atoms with E-state index >= 15 is 0 Å². The number of carbonyl (C=O) groups excluding carboxylic acids is 2. The number of para-hydroxylation sites is 1. The van der Waals surface area contributed by atoms with E-state index in [9.17, 15) is 9.59 Å². The summed E-state index contributed by atoms with van der Waals surface area (Å²) in [4.78, 5) is 29.6. The van der Waals surface area contributed by atoms with Gasteiger partial charge >= 0.3 is 0 Å². The van der Waals surface area contributed by atoms with Gasteiger partial charge in [-0.05, 0) is 67.9 Å². The first-order chi connectivity index (χ1) is 18.8. The number of hydrogen-bond donors (Lipinski definition) is 1. The summed E-state index contributed by atoms with van der Waals surface area (Å²) in [5, 5.41) is 8.25. The maximum Gasteiger partial charge on any atom is 0.277 e. The van der Waals surface area contributed by atoms with Crippen molar-refractivity contribution in [1.82, 2.24) is 15.1 Å². The standard InChI is InChI=1S/C30H29ClN4O4/c1-19-23(31)9-7-10-25(19)35-28(36)26-16-24(20-12-14-22(38-3)15-13-20)33-34(26)18-30(35,2)29(37)32-17-21-8-5-6-11-27(21)39-4/h5-16H,17-18H2,1-4H3,(H,32,37)/t30-/m0/s1. The lowest BCUT2D eigenvalue weighted by atomic mass is 9.93. The highest BCUT2D eigenvalue weighted by Gasteiger charge is 2.49. The second-order valence-corrected chi connectivity index (χ2v) is 10.0. The number of aromatic nitrogens is 2. The third kappa shape index (κ3) is 4.72. The van der Waals surface area contributed by atoms with E-state index in [0.29, 0.717) is 33.4 Å². The Labute approximate surface area is 232 Å². The Hall–Kier alpha value is -4.30. The molecule has 0 saturated heterocycles. The molecule has 0 radical (unpaired) electrons. The molecule has 1 aliphatic heterocycles. The normalized spacial score (nSPS) is 16.5. The molecule has 4 aromatic rings. The zero-order valence-corrected chi connectivity index (χ0v) is 23.0. The predicted molar refractivity (Wildman–Crippen MR) is 150 cm³/mol. The number of benzene rings is 3. The van der Waals surface area contributed by atoms with Crippen molar-refractivity contribution in [2.24, 2.45) is 0 Å². The molecule has 9 heteroatoms. The Morgan fingerprint density at radius 2 is 1.79 bits per heavy atom. The Morgan fingerprint density at radius 3 is 2.51 bits per heavy atom. The van der Waals surface area contributed by atoms with Gasteiger partial charge in [0.15, 0.2) is 0 Å². The predicted octanol–water partition coefficient (Wildman–Crippen LogP) is 5.26. The van der Waals surface area contributed by atoms with Crippen LogP contribution in [0.25, 0.3) is 11.3 Å². The van der Waals surface area contributed by atoms with Crippen LogP contribution in [-0.2, 0) is 17.9 Å². The number of carbonyl (C=O) groups is 2. The van der Waals surface area contributed by atoms with Crippen LogP contribution in [0.3, 0.4) is 0 Å². The Balaban J connectivity index is 1.55. The summed E-state index contributed by atoms with van der Waals surface area (Å²) >= 11 is 6.46. The highest BCUT2D eigenvalue weighted by atomic mass is 35.5. The third-order valence-electron chi connectivity index (χ3n) is 7.14. The molecule has 0 saturated carbocycles. The SMILES string of the molecule is COc1ccc(-c2cc3n(n2)C[C@@](C)(C(=O)NCc2ccccc2OC)N(c2cccc(Cl)c2C)C3=O)cc1. The summed E-state index contributed by atoms with van der Waals surface area (Å²) in [5.74, 6) is 0.728. The average molecular weight is 545 g/mol. The van der Waals surface area contributed by atoms with Crippen LogP contribution in [0.5, 0.6) is 11.5 Å². The van der Waals surface area contributed by atoms with Gasteiger partial charge in [0.2, 0.25) is 5.91 Å². The van der Waals surface area contributed by atoms with Gasteiger partial charge in [0, 0.05) is 28.4 Å². The highest BCUT2D eigenvalue weighted by molar-refractivity contribution is 6.32. The molecule has 1 aliphatic rings. The summed E-state index contributed by atoms with van der Waals surface area (Å²) in [7, 11) is 3.19. The van der Waals surface area contributed by atoms with E-state index in [-0.39, 0.29) is 24.9 Å². The fourth-order valence-electron chi connectivity index (χ4n) is 4.92. The number of rotatable bonds is 7. The van der Waals surface area contributed by atoms with E-state index in [0.717, 1.165) is 16.9 Å². The summed E-state index contributed by atoms with van der Waals surface area (Å²) in [6, 6.07) is 22.0. The van der Waals surface area contributed by atoms with Crippen molar-refractivity contribution in [3.8, 4) is 22.8 Å². The molecule has 0 spiro atoms. The van der Waals surface area contributed by atoms with Crippen LogP contribution in [-0.4, -0.2) is 41.4 Å². The Kier molecular flexibility index (Phi) is 7.06. The molecule has 0 unspecified atom stereocenters. The molecule has 8 nitrogen and oxygen atoms in total. The number of ether oxygens (including phenoxy) is 2. The first-order valence-electron chi connectivity index (χ1n) is 12.5. The lowest BCUT2D eigenvalue weighted by Gasteiger charge is -2.43. The summed E-state index contributed by atoms with van der Waals surface area (Å²) in [5.41, 5.74) is 2.65.